The number of methoxy groups -OCH3 is 1. The van der Waals surface area contributed by atoms with Crippen LogP contribution >= 0.6 is 0 Å². The molecule has 1 fully saturated rings. The fraction of sp³-hybridized carbons (Fsp3) is 0.438. The van der Waals surface area contributed by atoms with Gasteiger partial charge in [-0.25, -0.2) is 18.5 Å². The van der Waals surface area contributed by atoms with Crippen LogP contribution in [0.3, 0.4) is 0 Å². The molecule has 0 radical (unpaired) electrons. The number of imide groups is 1. The molecule has 1 saturated heterocycles. The number of carbonyl (C=O) groups excluding carboxylic acids is 3. The van der Waals surface area contributed by atoms with Gasteiger partial charge in [-0.15, -0.1) is 0 Å². The van der Waals surface area contributed by atoms with Crippen LogP contribution in [0.4, 0.5) is 19.3 Å². The molecule has 3 amide bonds. The number of carbonyl (C=O) groups is 3. The van der Waals surface area contributed by atoms with Crippen molar-refractivity contribution in [2.24, 2.45) is 0 Å². The summed E-state index contributed by atoms with van der Waals surface area (Å²) >= 11 is 0. The summed E-state index contributed by atoms with van der Waals surface area (Å²) in [6.07, 6.45) is -0.381. The average Bonchev–Trinajstić information content (AvgIpc) is 2.76. The van der Waals surface area contributed by atoms with Crippen LogP contribution < -0.4 is 15.0 Å². The standard InChI is InChI=1S/C16H18F2N2O5/c1-16(2,3)25-13-9(17)5-8(6-10(13)18)20-14(22)11(19-15(20)23)7-12(21)24-4/h5-6,11H,7H2,1-4H3,(H,19,23). The molecular weight excluding hydrogens is 338 g/mol. The highest BCUT2D eigenvalue weighted by Gasteiger charge is 2.41. The highest BCUT2D eigenvalue weighted by molar-refractivity contribution is 6.22. The third-order valence-corrected chi connectivity index (χ3v) is 3.27. The second-order valence-corrected chi connectivity index (χ2v) is 6.41. The van der Waals surface area contributed by atoms with Gasteiger partial charge in [-0.1, -0.05) is 0 Å². The highest BCUT2D eigenvalue weighted by atomic mass is 19.1. The third-order valence-electron chi connectivity index (χ3n) is 3.27. The molecule has 0 aliphatic carbocycles. The summed E-state index contributed by atoms with van der Waals surface area (Å²) in [4.78, 5) is 36.1. The molecule has 1 atom stereocenters. The summed E-state index contributed by atoms with van der Waals surface area (Å²) in [6, 6.07) is -0.400. The molecular formula is C16H18F2N2O5. The van der Waals surface area contributed by atoms with E-state index in [2.05, 4.69) is 10.1 Å². The number of urea groups is 1. The molecule has 0 bridgehead atoms. The zero-order valence-corrected chi connectivity index (χ0v) is 14.2. The Labute approximate surface area is 142 Å². The maximum Gasteiger partial charge on any atom is 0.329 e. The first kappa shape index (κ1) is 18.6. The molecule has 25 heavy (non-hydrogen) atoms. The lowest BCUT2D eigenvalue weighted by atomic mass is 10.1. The Morgan fingerprint density at radius 1 is 1.24 bits per heavy atom. The predicted molar refractivity (Wildman–Crippen MR) is 83.2 cm³/mol. The summed E-state index contributed by atoms with van der Waals surface area (Å²) in [5, 5.41) is 2.27. The van der Waals surface area contributed by atoms with Crippen molar-refractivity contribution in [1.29, 1.82) is 0 Å². The number of nitrogens with one attached hydrogen (secondary N) is 1. The van der Waals surface area contributed by atoms with Gasteiger partial charge >= 0.3 is 12.0 Å². The van der Waals surface area contributed by atoms with E-state index in [0.29, 0.717) is 4.90 Å². The summed E-state index contributed by atoms with van der Waals surface area (Å²) < 4.78 is 38.1. The normalized spacial score (nSPS) is 17.5. The Balaban J connectivity index is 2.31. The van der Waals surface area contributed by atoms with Gasteiger partial charge in [0.1, 0.15) is 11.6 Å². The van der Waals surface area contributed by atoms with E-state index in [4.69, 9.17) is 4.74 Å². The minimum absolute atomic E-state index is 0.300. The first-order valence-corrected chi connectivity index (χ1v) is 7.43. The fourth-order valence-electron chi connectivity index (χ4n) is 2.24. The minimum Gasteiger partial charge on any atom is -0.482 e. The van der Waals surface area contributed by atoms with Crippen molar-refractivity contribution < 1.29 is 32.6 Å². The van der Waals surface area contributed by atoms with Gasteiger partial charge in [-0.2, -0.15) is 0 Å². The van der Waals surface area contributed by atoms with Gasteiger partial charge in [0, 0.05) is 12.1 Å². The van der Waals surface area contributed by atoms with Crippen molar-refractivity contribution >= 4 is 23.6 Å². The summed E-state index contributed by atoms with van der Waals surface area (Å²) in [5.74, 6) is -4.22. The van der Waals surface area contributed by atoms with Crippen molar-refractivity contribution in [3.05, 3.63) is 23.8 Å². The van der Waals surface area contributed by atoms with Crippen molar-refractivity contribution in [3.63, 3.8) is 0 Å². The molecule has 1 heterocycles. The Morgan fingerprint density at radius 2 is 1.80 bits per heavy atom. The van der Waals surface area contributed by atoms with Gasteiger partial charge < -0.3 is 14.8 Å². The minimum atomic E-state index is -1.16. The van der Waals surface area contributed by atoms with E-state index < -0.39 is 46.9 Å². The topological polar surface area (TPSA) is 84.9 Å². The fourth-order valence-corrected chi connectivity index (χ4v) is 2.24. The van der Waals surface area contributed by atoms with Crippen LogP contribution in [0.1, 0.15) is 27.2 Å². The van der Waals surface area contributed by atoms with Crippen LogP contribution in [0.2, 0.25) is 0 Å². The Bertz CT molecular complexity index is 707. The van der Waals surface area contributed by atoms with Gasteiger partial charge in [-0.3, -0.25) is 9.59 Å². The number of benzene rings is 1. The number of amides is 3. The second-order valence-electron chi connectivity index (χ2n) is 6.41. The molecule has 1 unspecified atom stereocenters. The van der Waals surface area contributed by atoms with E-state index in [1.807, 2.05) is 0 Å². The summed E-state index contributed by atoms with van der Waals surface area (Å²) in [6.45, 7) is 4.86. The molecule has 1 aromatic rings. The molecule has 0 saturated carbocycles. The van der Waals surface area contributed by atoms with E-state index in [-0.39, 0.29) is 12.1 Å². The lowest BCUT2D eigenvalue weighted by molar-refractivity contribution is -0.142. The monoisotopic (exact) mass is 356 g/mol. The molecule has 1 aromatic carbocycles. The SMILES string of the molecule is COC(=O)CC1NC(=O)N(c2cc(F)c(OC(C)(C)C)c(F)c2)C1=O. The first-order chi connectivity index (χ1) is 11.5. The predicted octanol–water partition coefficient (Wildman–Crippen LogP) is 2.13. The lowest BCUT2D eigenvalue weighted by Crippen LogP contribution is -2.33. The number of anilines is 1. The maximum atomic E-state index is 14.2. The number of hydrogen-bond acceptors (Lipinski definition) is 5. The van der Waals surface area contributed by atoms with E-state index >= 15 is 0 Å². The number of halogens is 2. The molecule has 136 valence electrons. The molecule has 9 heteroatoms. The zero-order chi connectivity index (χ0) is 18.9. The number of esters is 1. The van der Waals surface area contributed by atoms with Crippen molar-refractivity contribution in [2.45, 2.75) is 38.8 Å². The highest BCUT2D eigenvalue weighted by Crippen LogP contribution is 2.31. The number of ether oxygens (including phenoxy) is 2. The van der Waals surface area contributed by atoms with Crippen molar-refractivity contribution in [2.75, 3.05) is 12.0 Å². The van der Waals surface area contributed by atoms with Crippen LogP contribution in [0.5, 0.6) is 5.75 Å². The molecule has 0 spiro atoms. The van der Waals surface area contributed by atoms with Gasteiger partial charge in [0.25, 0.3) is 5.91 Å². The summed E-state index contributed by atoms with van der Waals surface area (Å²) in [7, 11) is 1.14. The Morgan fingerprint density at radius 3 is 2.28 bits per heavy atom. The quantitative estimate of drug-likeness (QED) is 0.660. The third kappa shape index (κ3) is 4.04. The van der Waals surface area contributed by atoms with Crippen LogP contribution in [0, 0.1) is 11.6 Å². The number of rotatable bonds is 4. The number of nitrogens with zero attached hydrogens (tertiary/aromatic N) is 1. The van der Waals surface area contributed by atoms with Crippen LogP contribution in [0.25, 0.3) is 0 Å². The zero-order valence-electron chi connectivity index (χ0n) is 14.2. The van der Waals surface area contributed by atoms with Gasteiger partial charge in [0.05, 0.1) is 19.2 Å². The smallest absolute Gasteiger partial charge is 0.329 e. The van der Waals surface area contributed by atoms with Gasteiger partial charge in [0.15, 0.2) is 17.4 Å². The van der Waals surface area contributed by atoms with E-state index in [0.717, 1.165) is 19.2 Å². The van der Waals surface area contributed by atoms with Crippen LogP contribution in [0.15, 0.2) is 12.1 Å². The Kier molecular flexibility index (Phi) is 4.96. The van der Waals surface area contributed by atoms with E-state index in [9.17, 15) is 23.2 Å². The molecule has 7 nitrogen and oxygen atoms in total. The van der Waals surface area contributed by atoms with Crippen molar-refractivity contribution in [1.82, 2.24) is 5.32 Å². The van der Waals surface area contributed by atoms with E-state index in [1.165, 1.54) is 0 Å². The average molecular weight is 356 g/mol. The van der Waals surface area contributed by atoms with Crippen LogP contribution in [-0.4, -0.2) is 36.7 Å². The molecule has 0 aromatic heterocycles. The lowest BCUT2D eigenvalue weighted by Gasteiger charge is -2.23. The molecule has 1 aliphatic heterocycles. The van der Waals surface area contributed by atoms with E-state index in [1.54, 1.807) is 20.8 Å². The maximum absolute atomic E-state index is 14.2. The first-order valence-electron chi connectivity index (χ1n) is 7.43. The van der Waals surface area contributed by atoms with Crippen LogP contribution in [-0.2, 0) is 14.3 Å². The van der Waals surface area contributed by atoms with Gasteiger partial charge in [0.2, 0.25) is 0 Å². The molecule has 2 rings (SSSR count). The number of hydrogen-bond donors (Lipinski definition) is 1. The Hall–Kier alpha value is -2.71. The molecule has 1 aliphatic rings. The second kappa shape index (κ2) is 6.66. The van der Waals surface area contributed by atoms with Crippen molar-refractivity contribution in [3.8, 4) is 5.75 Å². The largest absolute Gasteiger partial charge is 0.482 e. The summed E-state index contributed by atoms with van der Waals surface area (Å²) in [5.41, 5.74) is -1.14. The molecule has 1 N–H and O–H groups in total. The van der Waals surface area contributed by atoms with Gasteiger partial charge in [-0.05, 0) is 20.8 Å².